The summed E-state index contributed by atoms with van der Waals surface area (Å²) in [4.78, 5) is 8.45. The van der Waals surface area contributed by atoms with Crippen LogP contribution in [0.1, 0.15) is 5.56 Å². The quantitative estimate of drug-likeness (QED) is 0.685. The lowest BCUT2D eigenvalue weighted by molar-refractivity contribution is 0.569. The van der Waals surface area contributed by atoms with Crippen molar-refractivity contribution >= 4 is 10.0 Å². The van der Waals surface area contributed by atoms with E-state index in [0.29, 0.717) is 24.1 Å². The van der Waals surface area contributed by atoms with Crippen LogP contribution in [0.25, 0.3) is 11.5 Å². The molecule has 9 heteroatoms. The van der Waals surface area contributed by atoms with Gasteiger partial charge in [0.25, 0.3) is 0 Å². The topological polar surface area (TPSA) is 76.9 Å². The lowest BCUT2D eigenvalue weighted by Crippen LogP contribution is -2.28. The largest absolute Gasteiger partial charge is 0.328 e. The van der Waals surface area contributed by atoms with E-state index in [-0.39, 0.29) is 12.1 Å². The lowest BCUT2D eigenvalue weighted by Gasteiger charge is -2.10. The first-order valence-electron chi connectivity index (χ1n) is 7.78. The van der Waals surface area contributed by atoms with Crippen LogP contribution in [0, 0.1) is 11.6 Å². The number of hydrogen-bond donors (Lipinski definition) is 1. The van der Waals surface area contributed by atoms with E-state index in [1.165, 1.54) is 0 Å². The second kappa shape index (κ2) is 7.71. The zero-order valence-corrected chi connectivity index (χ0v) is 14.5. The van der Waals surface area contributed by atoms with Gasteiger partial charge in [-0.05, 0) is 29.8 Å². The Labute approximate surface area is 149 Å². The van der Waals surface area contributed by atoms with Gasteiger partial charge in [-0.2, -0.15) is 0 Å². The molecule has 0 saturated carbocycles. The molecule has 0 saturated heterocycles. The molecule has 0 atom stereocenters. The molecule has 6 nitrogen and oxygen atoms in total. The van der Waals surface area contributed by atoms with Gasteiger partial charge in [0.1, 0.15) is 17.3 Å². The molecule has 26 heavy (non-hydrogen) atoms. The molecule has 3 aromatic rings. The van der Waals surface area contributed by atoms with E-state index in [1.54, 1.807) is 29.2 Å². The number of halogens is 2. The van der Waals surface area contributed by atoms with Gasteiger partial charge in [0, 0.05) is 37.7 Å². The maximum atomic E-state index is 13.2. The first-order valence-corrected chi connectivity index (χ1v) is 9.43. The minimum Gasteiger partial charge on any atom is -0.328 e. The molecule has 0 aliphatic carbocycles. The minimum absolute atomic E-state index is 0.0480. The Balaban J connectivity index is 1.62. The zero-order valence-electron chi connectivity index (χ0n) is 13.6. The highest BCUT2D eigenvalue weighted by molar-refractivity contribution is 7.88. The van der Waals surface area contributed by atoms with Crippen molar-refractivity contribution in [1.82, 2.24) is 19.3 Å². The third-order valence-corrected chi connectivity index (χ3v) is 4.92. The van der Waals surface area contributed by atoms with E-state index in [9.17, 15) is 17.2 Å². The molecule has 0 spiro atoms. The van der Waals surface area contributed by atoms with E-state index in [2.05, 4.69) is 14.7 Å². The van der Waals surface area contributed by atoms with Crippen molar-refractivity contribution in [3.05, 3.63) is 72.2 Å². The van der Waals surface area contributed by atoms with E-state index in [1.807, 2.05) is 12.1 Å². The van der Waals surface area contributed by atoms with Crippen molar-refractivity contribution in [2.24, 2.45) is 0 Å². The third-order valence-electron chi connectivity index (χ3n) is 3.56. The van der Waals surface area contributed by atoms with Crippen LogP contribution in [0.5, 0.6) is 0 Å². The molecule has 0 amide bonds. The fourth-order valence-electron chi connectivity index (χ4n) is 2.50. The molecule has 1 aromatic carbocycles. The lowest BCUT2D eigenvalue weighted by atomic mass is 10.2. The van der Waals surface area contributed by atoms with Crippen LogP contribution in [0.3, 0.4) is 0 Å². The van der Waals surface area contributed by atoms with Crippen molar-refractivity contribution in [2.45, 2.75) is 12.3 Å². The van der Waals surface area contributed by atoms with Crippen LogP contribution in [0.4, 0.5) is 8.78 Å². The van der Waals surface area contributed by atoms with Crippen molar-refractivity contribution in [1.29, 1.82) is 0 Å². The normalized spacial score (nSPS) is 11.6. The SMILES string of the molecule is O=S(=O)(Cc1cc(F)cc(F)c1)NCCn1ccnc1-c1ccccn1. The van der Waals surface area contributed by atoms with E-state index in [4.69, 9.17) is 0 Å². The molecule has 0 aliphatic rings. The Kier molecular flexibility index (Phi) is 5.38. The number of hydrogen-bond acceptors (Lipinski definition) is 4. The average molecular weight is 378 g/mol. The molecule has 0 bridgehead atoms. The maximum absolute atomic E-state index is 13.2. The summed E-state index contributed by atoms with van der Waals surface area (Å²) in [6, 6.07) is 8.13. The Bertz CT molecular complexity index is 971. The molecule has 2 aromatic heterocycles. The van der Waals surface area contributed by atoms with Crippen LogP contribution in [0.15, 0.2) is 55.0 Å². The fourth-order valence-corrected chi connectivity index (χ4v) is 3.61. The van der Waals surface area contributed by atoms with Gasteiger partial charge in [0.2, 0.25) is 10.0 Å². The number of sulfonamides is 1. The van der Waals surface area contributed by atoms with Gasteiger partial charge in [0.15, 0.2) is 5.82 Å². The molecule has 3 rings (SSSR count). The van der Waals surface area contributed by atoms with Crippen molar-refractivity contribution in [3.8, 4) is 11.5 Å². The molecule has 0 aliphatic heterocycles. The van der Waals surface area contributed by atoms with E-state index >= 15 is 0 Å². The maximum Gasteiger partial charge on any atom is 0.215 e. The third kappa shape index (κ3) is 4.70. The van der Waals surface area contributed by atoms with Crippen LogP contribution in [-0.4, -0.2) is 29.5 Å². The summed E-state index contributed by atoms with van der Waals surface area (Å²) in [5.74, 6) is -1.50. The number of pyridine rings is 1. The molecular weight excluding hydrogens is 362 g/mol. The van der Waals surface area contributed by atoms with Crippen LogP contribution < -0.4 is 4.72 Å². The standard InChI is InChI=1S/C17H16F2N4O2S/c18-14-9-13(10-15(19)11-14)12-26(24,25)22-6-8-23-7-5-21-17(23)16-3-1-2-4-20-16/h1-5,7,9-11,22H,6,8,12H2. The molecule has 0 unspecified atom stereocenters. The number of benzene rings is 1. The van der Waals surface area contributed by atoms with Crippen LogP contribution in [-0.2, 0) is 22.3 Å². The summed E-state index contributed by atoms with van der Waals surface area (Å²) in [5, 5.41) is 0. The van der Waals surface area contributed by atoms with Crippen molar-refractivity contribution < 1.29 is 17.2 Å². The summed E-state index contributed by atoms with van der Waals surface area (Å²) in [7, 11) is -3.73. The second-order valence-electron chi connectivity index (χ2n) is 5.59. The highest BCUT2D eigenvalue weighted by Crippen LogP contribution is 2.14. The highest BCUT2D eigenvalue weighted by atomic mass is 32.2. The fraction of sp³-hybridized carbons (Fsp3) is 0.176. The summed E-state index contributed by atoms with van der Waals surface area (Å²) in [6.07, 6.45) is 4.98. The zero-order chi connectivity index (χ0) is 18.6. The number of imidazole rings is 1. The monoisotopic (exact) mass is 378 g/mol. The molecule has 0 radical (unpaired) electrons. The summed E-state index contributed by atoms with van der Waals surface area (Å²) >= 11 is 0. The number of nitrogens with one attached hydrogen (secondary N) is 1. The van der Waals surface area contributed by atoms with Crippen molar-refractivity contribution in [3.63, 3.8) is 0 Å². The molecule has 0 fully saturated rings. The predicted molar refractivity (Wildman–Crippen MR) is 92.4 cm³/mol. The van der Waals surface area contributed by atoms with E-state index in [0.717, 1.165) is 12.1 Å². The predicted octanol–water partition coefficient (Wildman–Crippen LogP) is 2.34. The van der Waals surface area contributed by atoms with Gasteiger partial charge in [-0.25, -0.2) is 26.9 Å². The first kappa shape index (κ1) is 18.2. The Morgan fingerprint density at radius 3 is 2.50 bits per heavy atom. The van der Waals surface area contributed by atoms with Crippen LogP contribution >= 0.6 is 0 Å². The number of rotatable bonds is 7. The molecule has 2 heterocycles. The van der Waals surface area contributed by atoms with E-state index < -0.39 is 27.4 Å². The average Bonchev–Trinajstić information content (AvgIpc) is 3.02. The Morgan fingerprint density at radius 1 is 1.04 bits per heavy atom. The summed E-state index contributed by atoms with van der Waals surface area (Å²) in [6.45, 7) is 0.443. The second-order valence-corrected chi connectivity index (χ2v) is 7.40. The van der Waals surface area contributed by atoms with Gasteiger partial charge >= 0.3 is 0 Å². The van der Waals surface area contributed by atoms with Crippen LogP contribution in [0.2, 0.25) is 0 Å². The smallest absolute Gasteiger partial charge is 0.215 e. The first-order chi connectivity index (χ1) is 12.4. The van der Waals surface area contributed by atoms with Gasteiger partial charge in [-0.15, -0.1) is 0 Å². The van der Waals surface area contributed by atoms with Gasteiger partial charge < -0.3 is 4.57 Å². The van der Waals surface area contributed by atoms with Crippen molar-refractivity contribution in [2.75, 3.05) is 6.54 Å². The molecule has 1 N–H and O–H groups in total. The number of nitrogens with zero attached hydrogens (tertiary/aromatic N) is 3. The highest BCUT2D eigenvalue weighted by Gasteiger charge is 2.14. The summed E-state index contributed by atoms with van der Waals surface area (Å²) in [5.41, 5.74) is 0.724. The minimum atomic E-state index is -3.73. The molecule has 136 valence electrons. The Hall–Kier alpha value is -2.65. The molecular formula is C17H16F2N4O2S. The van der Waals surface area contributed by atoms with Gasteiger partial charge in [0.05, 0.1) is 5.75 Å². The Morgan fingerprint density at radius 2 is 1.81 bits per heavy atom. The van der Waals surface area contributed by atoms with Gasteiger partial charge in [-0.1, -0.05) is 6.07 Å². The summed E-state index contributed by atoms with van der Waals surface area (Å²) < 4.78 is 54.8. The van der Waals surface area contributed by atoms with Gasteiger partial charge in [-0.3, -0.25) is 4.98 Å². The number of aromatic nitrogens is 3.